The number of nitrogens with zero attached hydrogens (tertiary/aromatic N) is 1. The summed E-state index contributed by atoms with van der Waals surface area (Å²) < 4.78 is 5.47. The number of aliphatic hydroxyl groups excluding tert-OH is 1. The second kappa shape index (κ2) is 7.70. The molecule has 3 rings (SSSR count). The average Bonchev–Trinajstić information content (AvgIpc) is 2.69. The van der Waals surface area contributed by atoms with Crippen LogP contribution in [0.5, 0.6) is 0 Å². The molecule has 2 unspecified atom stereocenters. The lowest BCUT2D eigenvalue weighted by Gasteiger charge is -2.48. The van der Waals surface area contributed by atoms with Crippen molar-refractivity contribution in [3.8, 4) is 0 Å². The maximum Gasteiger partial charge on any atom is 0.329 e. The monoisotopic (exact) mass is 353 g/mol. The summed E-state index contributed by atoms with van der Waals surface area (Å²) in [5, 5.41) is 9.43. The van der Waals surface area contributed by atoms with E-state index in [1.54, 1.807) is 6.92 Å². The number of hydrogen-bond donors (Lipinski definition) is 1. The molecule has 0 aliphatic carbocycles. The van der Waals surface area contributed by atoms with Gasteiger partial charge >= 0.3 is 5.97 Å². The first kappa shape index (κ1) is 18.1. The van der Waals surface area contributed by atoms with Crippen molar-refractivity contribution in [2.75, 3.05) is 13.2 Å². The Balaban J connectivity index is 1.72. The van der Waals surface area contributed by atoms with Gasteiger partial charge in [0.2, 0.25) is 5.91 Å². The van der Waals surface area contributed by atoms with Crippen LogP contribution in [0.15, 0.2) is 60.7 Å². The minimum absolute atomic E-state index is 0.171. The smallest absolute Gasteiger partial charge is 0.329 e. The fraction of sp³-hybridized carbons (Fsp3) is 0.333. The van der Waals surface area contributed by atoms with Gasteiger partial charge in [-0.1, -0.05) is 60.7 Å². The van der Waals surface area contributed by atoms with Gasteiger partial charge < -0.3 is 14.7 Å². The number of esters is 1. The van der Waals surface area contributed by atoms with Crippen molar-refractivity contribution in [2.45, 2.75) is 26.0 Å². The first-order valence-electron chi connectivity index (χ1n) is 8.70. The van der Waals surface area contributed by atoms with E-state index in [0.717, 1.165) is 11.1 Å². The second-order valence-corrected chi connectivity index (χ2v) is 6.95. The van der Waals surface area contributed by atoms with Crippen LogP contribution in [0.25, 0.3) is 0 Å². The molecule has 1 aliphatic heterocycles. The van der Waals surface area contributed by atoms with Gasteiger partial charge in [-0.05, 0) is 18.1 Å². The number of carbonyl (C=O) groups excluding carboxylic acids is 2. The first-order valence-corrected chi connectivity index (χ1v) is 8.70. The Kier molecular flexibility index (Phi) is 5.38. The van der Waals surface area contributed by atoms with E-state index in [2.05, 4.69) is 0 Å². The molecule has 1 N–H and O–H groups in total. The summed E-state index contributed by atoms with van der Waals surface area (Å²) in [6.07, 6.45) is 0.391. The highest BCUT2D eigenvalue weighted by Crippen LogP contribution is 2.34. The molecule has 5 nitrogen and oxygen atoms in total. The van der Waals surface area contributed by atoms with Crippen molar-refractivity contribution in [3.63, 3.8) is 0 Å². The SMILES string of the molecule is CC1(CO)CN(C(Cc2ccccc2)C(=O)OCc2ccccc2)C1=O. The third-order valence-electron chi connectivity index (χ3n) is 4.79. The summed E-state index contributed by atoms with van der Waals surface area (Å²) in [6.45, 7) is 2.00. The van der Waals surface area contributed by atoms with E-state index in [4.69, 9.17) is 4.74 Å². The molecule has 1 saturated heterocycles. The van der Waals surface area contributed by atoms with Crippen molar-refractivity contribution in [3.05, 3.63) is 71.8 Å². The number of hydrogen-bond acceptors (Lipinski definition) is 4. The molecule has 0 radical (unpaired) electrons. The van der Waals surface area contributed by atoms with E-state index in [-0.39, 0.29) is 19.1 Å². The molecule has 0 saturated carbocycles. The number of carbonyl (C=O) groups is 2. The Morgan fingerprint density at radius 1 is 1.12 bits per heavy atom. The van der Waals surface area contributed by atoms with Gasteiger partial charge in [0.25, 0.3) is 0 Å². The third-order valence-corrected chi connectivity index (χ3v) is 4.79. The van der Waals surface area contributed by atoms with Crippen LogP contribution in [0.1, 0.15) is 18.1 Å². The predicted molar refractivity (Wildman–Crippen MR) is 97.1 cm³/mol. The van der Waals surface area contributed by atoms with Crippen molar-refractivity contribution in [1.29, 1.82) is 0 Å². The van der Waals surface area contributed by atoms with E-state index >= 15 is 0 Å². The van der Waals surface area contributed by atoms with Crippen molar-refractivity contribution >= 4 is 11.9 Å². The van der Waals surface area contributed by atoms with Crippen molar-refractivity contribution in [2.24, 2.45) is 5.41 Å². The third kappa shape index (κ3) is 3.78. The van der Waals surface area contributed by atoms with Gasteiger partial charge in [0.15, 0.2) is 0 Å². The molecule has 5 heteroatoms. The topological polar surface area (TPSA) is 66.8 Å². The lowest BCUT2D eigenvalue weighted by Crippen LogP contribution is -2.66. The zero-order valence-corrected chi connectivity index (χ0v) is 14.8. The highest BCUT2D eigenvalue weighted by atomic mass is 16.5. The van der Waals surface area contributed by atoms with Crippen LogP contribution in [0.4, 0.5) is 0 Å². The van der Waals surface area contributed by atoms with Gasteiger partial charge in [0.05, 0.1) is 12.0 Å². The molecule has 2 aromatic rings. The molecule has 0 aromatic heterocycles. The van der Waals surface area contributed by atoms with Gasteiger partial charge in [-0.15, -0.1) is 0 Å². The van der Waals surface area contributed by atoms with E-state index in [0.29, 0.717) is 13.0 Å². The van der Waals surface area contributed by atoms with Crippen LogP contribution < -0.4 is 0 Å². The summed E-state index contributed by atoms with van der Waals surface area (Å²) in [5.74, 6) is -0.636. The standard InChI is InChI=1S/C21H23NO4/c1-21(15-23)14-22(20(21)25)18(12-16-8-4-2-5-9-16)19(24)26-13-17-10-6-3-7-11-17/h2-11,18,23H,12-15H2,1H3. The summed E-state index contributed by atoms with van der Waals surface area (Å²) >= 11 is 0. The zero-order chi connectivity index (χ0) is 18.6. The van der Waals surface area contributed by atoms with E-state index in [1.807, 2.05) is 60.7 Å². The van der Waals surface area contributed by atoms with Crippen molar-refractivity contribution < 1.29 is 19.4 Å². The molecule has 0 bridgehead atoms. The number of amides is 1. The molecular weight excluding hydrogens is 330 g/mol. The minimum atomic E-state index is -0.797. The molecule has 2 aromatic carbocycles. The number of rotatable bonds is 7. The van der Waals surface area contributed by atoms with Gasteiger partial charge in [-0.2, -0.15) is 0 Å². The maximum atomic E-state index is 12.7. The van der Waals surface area contributed by atoms with Gasteiger partial charge in [-0.3, -0.25) is 4.79 Å². The van der Waals surface area contributed by atoms with Gasteiger partial charge in [-0.25, -0.2) is 4.79 Å². The van der Waals surface area contributed by atoms with Crippen LogP contribution in [-0.2, 0) is 27.4 Å². The number of likely N-dealkylation sites (tertiary alicyclic amines) is 1. The number of aliphatic hydroxyl groups is 1. The minimum Gasteiger partial charge on any atom is -0.459 e. The zero-order valence-electron chi connectivity index (χ0n) is 14.8. The van der Waals surface area contributed by atoms with E-state index < -0.39 is 17.4 Å². The molecule has 26 heavy (non-hydrogen) atoms. The molecule has 136 valence electrons. The average molecular weight is 353 g/mol. The summed E-state index contributed by atoms with van der Waals surface area (Å²) in [4.78, 5) is 26.7. The van der Waals surface area contributed by atoms with Crippen LogP contribution in [-0.4, -0.2) is 41.1 Å². The Bertz CT molecular complexity index is 762. The maximum absolute atomic E-state index is 12.7. The molecular formula is C21H23NO4. The Morgan fingerprint density at radius 3 is 2.23 bits per heavy atom. The van der Waals surface area contributed by atoms with Crippen LogP contribution in [0, 0.1) is 5.41 Å². The summed E-state index contributed by atoms with van der Waals surface area (Å²) in [6, 6.07) is 18.3. The molecule has 1 amide bonds. The van der Waals surface area contributed by atoms with Gasteiger partial charge in [0.1, 0.15) is 12.6 Å². The predicted octanol–water partition coefficient (Wildman–Crippen LogP) is 2.18. The van der Waals surface area contributed by atoms with Crippen molar-refractivity contribution in [1.82, 2.24) is 4.90 Å². The molecule has 1 heterocycles. The van der Waals surface area contributed by atoms with Crippen LogP contribution >= 0.6 is 0 Å². The molecule has 1 aliphatic rings. The summed E-state index contributed by atoms with van der Waals surface area (Å²) in [7, 11) is 0. The number of β-lactam (4-membered cyclic amide) rings is 1. The Labute approximate surface area is 153 Å². The fourth-order valence-electron chi connectivity index (χ4n) is 3.12. The summed E-state index contributed by atoms with van der Waals surface area (Å²) in [5.41, 5.74) is 1.06. The highest BCUT2D eigenvalue weighted by molar-refractivity contribution is 5.93. The van der Waals surface area contributed by atoms with E-state index in [9.17, 15) is 14.7 Å². The lowest BCUT2D eigenvalue weighted by molar-refractivity contribution is -0.176. The number of ether oxygens (including phenoxy) is 1. The molecule has 2 atom stereocenters. The quantitative estimate of drug-likeness (QED) is 0.612. The normalized spacial score (nSPS) is 20.4. The van der Waals surface area contributed by atoms with Gasteiger partial charge in [0, 0.05) is 13.0 Å². The lowest BCUT2D eigenvalue weighted by atomic mass is 9.80. The number of benzene rings is 2. The Hall–Kier alpha value is -2.66. The van der Waals surface area contributed by atoms with Crippen LogP contribution in [0.3, 0.4) is 0 Å². The van der Waals surface area contributed by atoms with E-state index in [1.165, 1.54) is 4.90 Å². The highest BCUT2D eigenvalue weighted by Gasteiger charge is 2.52. The largest absolute Gasteiger partial charge is 0.459 e. The molecule has 1 fully saturated rings. The second-order valence-electron chi connectivity index (χ2n) is 6.95. The fourth-order valence-corrected chi connectivity index (χ4v) is 3.12. The first-order chi connectivity index (χ1) is 12.5. The Morgan fingerprint density at radius 2 is 1.69 bits per heavy atom. The van der Waals surface area contributed by atoms with Crippen LogP contribution in [0.2, 0.25) is 0 Å². The molecule has 0 spiro atoms.